The summed E-state index contributed by atoms with van der Waals surface area (Å²) >= 11 is 0. The molecule has 0 aromatic heterocycles. The van der Waals surface area contributed by atoms with Crippen LogP contribution >= 0.6 is 0 Å². The lowest BCUT2D eigenvalue weighted by Crippen LogP contribution is -2.34. The van der Waals surface area contributed by atoms with E-state index in [0.29, 0.717) is 18.6 Å². The van der Waals surface area contributed by atoms with Gasteiger partial charge < -0.3 is 9.84 Å². The number of hydrogen-bond acceptors (Lipinski definition) is 3. The number of carboxylic acids is 1. The summed E-state index contributed by atoms with van der Waals surface area (Å²) < 4.78 is 5.96. The molecular formula is C25H24O4. The molecule has 2 atom stereocenters. The fourth-order valence-corrected chi connectivity index (χ4v) is 4.29. The molecule has 0 saturated carbocycles. The molecule has 1 aliphatic rings. The van der Waals surface area contributed by atoms with Gasteiger partial charge in [0.25, 0.3) is 0 Å². The van der Waals surface area contributed by atoms with Gasteiger partial charge in [-0.25, -0.2) is 0 Å². The van der Waals surface area contributed by atoms with Crippen LogP contribution in [0.4, 0.5) is 0 Å². The molecule has 4 heteroatoms. The van der Waals surface area contributed by atoms with Gasteiger partial charge in [-0.1, -0.05) is 61.0 Å². The summed E-state index contributed by atoms with van der Waals surface area (Å²) in [6.07, 6.45) is 3.59. The van der Waals surface area contributed by atoms with E-state index in [9.17, 15) is 14.7 Å². The van der Waals surface area contributed by atoms with Crippen molar-refractivity contribution in [1.82, 2.24) is 0 Å². The second kappa shape index (κ2) is 7.70. The topological polar surface area (TPSA) is 63.6 Å². The minimum atomic E-state index is -0.949. The van der Waals surface area contributed by atoms with Gasteiger partial charge in [-0.15, -0.1) is 0 Å². The zero-order chi connectivity index (χ0) is 20.5. The third-order valence-electron chi connectivity index (χ3n) is 5.90. The van der Waals surface area contributed by atoms with E-state index in [1.165, 1.54) is 5.56 Å². The molecule has 3 aromatic carbocycles. The second-order valence-electron chi connectivity index (χ2n) is 7.76. The van der Waals surface area contributed by atoms with E-state index in [0.717, 1.165) is 33.5 Å². The van der Waals surface area contributed by atoms with Crippen LogP contribution in [0.3, 0.4) is 0 Å². The fourth-order valence-electron chi connectivity index (χ4n) is 4.29. The van der Waals surface area contributed by atoms with Crippen molar-refractivity contribution in [2.24, 2.45) is 11.8 Å². The number of hydrogen-bond donors (Lipinski definition) is 1. The average Bonchev–Trinajstić information content (AvgIpc) is 2.72. The molecule has 0 aliphatic heterocycles. The van der Waals surface area contributed by atoms with Gasteiger partial charge in [0, 0.05) is 10.8 Å². The molecule has 4 rings (SSSR count). The van der Waals surface area contributed by atoms with E-state index in [-0.39, 0.29) is 0 Å². The van der Waals surface area contributed by atoms with E-state index in [2.05, 4.69) is 19.1 Å². The first-order valence-corrected chi connectivity index (χ1v) is 10.0. The molecule has 0 amide bonds. The molecule has 0 spiro atoms. The highest BCUT2D eigenvalue weighted by atomic mass is 16.5. The molecule has 0 fully saturated rings. The molecule has 0 radical (unpaired) electrons. The predicted octanol–water partition coefficient (Wildman–Crippen LogP) is 5.52. The lowest BCUT2D eigenvalue weighted by Gasteiger charge is -2.26. The maximum atomic E-state index is 13.1. The van der Waals surface area contributed by atoms with Crippen molar-refractivity contribution in [3.63, 3.8) is 0 Å². The number of carboxylic acid groups (broad SMARTS) is 1. The van der Waals surface area contributed by atoms with Crippen LogP contribution in [0.25, 0.3) is 21.5 Å². The molecule has 0 bridgehead atoms. The lowest BCUT2D eigenvalue weighted by molar-refractivity contribution is -0.152. The summed E-state index contributed by atoms with van der Waals surface area (Å²) in [4.78, 5) is 24.9. The van der Waals surface area contributed by atoms with E-state index in [4.69, 9.17) is 4.74 Å². The largest absolute Gasteiger partial charge is 0.481 e. The minimum absolute atomic E-state index is 0.380. The van der Waals surface area contributed by atoms with Crippen LogP contribution < -0.4 is 4.74 Å². The highest BCUT2D eigenvalue weighted by Gasteiger charge is 2.37. The van der Waals surface area contributed by atoms with Crippen molar-refractivity contribution in [3.05, 3.63) is 65.7 Å². The van der Waals surface area contributed by atoms with Gasteiger partial charge in [-0.2, -0.15) is 0 Å². The number of ether oxygens (including phenoxy) is 1. The number of aliphatic carboxylic acids is 1. The molecule has 148 valence electrons. The first-order valence-electron chi connectivity index (χ1n) is 10.0. The summed E-state index contributed by atoms with van der Waals surface area (Å²) in [5.41, 5.74) is 2.19. The normalized spacial score (nSPS) is 19.2. The van der Waals surface area contributed by atoms with Gasteiger partial charge >= 0.3 is 11.9 Å². The highest BCUT2D eigenvalue weighted by molar-refractivity contribution is 6.07. The van der Waals surface area contributed by atoms with Gasteiger partial charge in [0.1, 0.15) is 5.75 Å². The molecule has 29 heavy (non-hydrogen) atoms. The quantitative estimate of drug-likeness (QED) is 0.277. The molecular weight excluding hydrogens is 364 g/mol. The van der Waals surface area contributed by atoms with Gasteiger partial charge in [-0.3, -0.25) is 9.59 Å². The van der Waals surface area contributed by atoms with Gasteiger partial charge in [0.15, 0.2) is 0 Å². The Balaban J connectivity index is 1.82. The Labute approximate surface area is 169 Å². The predicted molar refractivity (Wildman–Crippen MR) is 114 cm³/mol. The zero-order valence-electron chi connectivity index (χ0n) is 16.6. The highest BCUT2D eigenvalue weighted by Crippen LogP contribution is 2.38. The van der Waals surface area contributed by atoms with Gasteiger partial charge in [0.2, 0.25) is 0 Å². The third kappa shape index (κ3) is 3.51. The summed E-state index contributed by atoms with van der Waals surface area (Å²) in [6, 6.07) is 16.0. The fraction of sp³-hybridized carbons (Fsp3) is 0.280. The van der Waals surface area contributed by atoms with Crippen LogP contribution in [0.2, 0.25) is 0 Å². The number of carbonyl (C=O) groups excluding carboxylic acids is 1. The SMILES string of the molecule is CCc1cccc2c(OC(=O)C3CC=C(C)CC3C(=O)O)c3ccccc3cc12. The number of esters is 1. The van der Waals surface area contributed by atoms with Crippen LogP contribution in [-0.4, -0.2) is 17.0 Å². The molecule has 1 N–H and O–H groups in total. The molecule has 1 aliphatic carbocycles. The molecule has 3 aromatic rings. The summed E-state index contributed by atoms with van der Waals surface area (Å²) in [7, 11) is 0. The van der Waals surface area contributed by atoms with Crippen LogP contribution in [0.15, 0.2) is 60.2 Å². The standard InChI is InChI=1S/C25H24O4/c1-3-16-8-6-10-19-21(16)14-17-7-4-5-9-18(17)23(19)29-25(28)20-12-11-15(2)13-22(20)24(26)27/h4-11,14,20,22H,3,12-13H2,1-2H3,(H,26,27). The summed E-state index contributed by atoms with van der Waals surface area (Å²) in [6.45, 7) is 4.01. The van der Waals surface area contributed by atoms with E-state index < -0.39 is 23.8 Å². The molecule has 0 saturated heterocycles. The maximum Gasteiger partial charge on any atom is 0.315 e. The number of aryl methyl sites for hydroxylation is 1. The van der Waals surface area contributed by atoms with Gasteiger partial charge in [0.05, 0.1) is 11.8 Å². The smallest absolute Gasteiger partial charge is 0.315 e. The maximum absolute atomic E-state index is 13.1. The van der Waals surface area contributed by atoms with E-state index in [1.54, 1.807) is 0 Å². The van der Waals surface area contributed by atoms with Crippen molar-refractivity contribution in [3.8, 4) is 5.75 Å². The summed E-state index contributed by atoms with van der Waals surface area (Å²) in [5.74, 6) is -2.33. The Kier molecular flexibility index (Phi) is 5.10. The second-order valence-corrected chi connectivity index (χ2v) is 7.76. The van der Waals surface area contributed by atoms with Crippen LogP contribution in [-0.2, 0) is 16.0 Å². The van der Waals surface area contributed by atoms with E-state index in [1.807, 2.05) is 49.4 Å². The lowest BCUT2D eigenvalue weighted by atomic mass is 9.80. The van der Waals surface area contributed by atoms with Crippen LogP contribution in [0.1, 0.15) is 32.3 Å². The number of allylic oxidation sites excluding steroid dienone is 2. The minimum Gasteiger partial charge on any atom is -0.481 e. The summed E-state index contributed by atoms with van der Waals surface area (Å²) in [5, 5.41) is 13.4. The van der Waals surface area contributed by atoms with Gasteiger partial charge in [-0.05, 0) is 48.6 Å². The Hall–Kier alpha value is -3.14. The number of benzene rings is 3. The number of carbonyl (C=O) groups is 2. The van der Waals surface area contributed by atoms with Crippen molar-refractivity contribution in [1.29, 1.82) is 0 Å². The average molecular weight is 388 g/mol. The van der Waals surface area contributed by atoms with Crippen LogP contribution in [0.5, 0.6) is 5.75 Å². The van der Waals surface area contributed by atoms with Crippen LogP contribution in [0, 0.1) is 11.8 Å². The number of rotatable bonds is 4. The zero-order valence-corrected chi connectivity index (χ0v) is 16.6. The molecule has 2 unspecified atom stereocenters. The Morgan fingerprint density at radius 2 is 1.79 bits per heavy atom. The third-order valence-corrected chi connectivity index (χ3v) is 5.90. The Bertz CT molecular complexity index is 1140. The molecule has 4 nitrogen and oxygen atoms in total. The Morgan fingerprint density at radius 1 is 1.03 bits per heavy atom. The molecule has 0 heterocycles. The van der Waals surface area contributed by atoms with Crippen molar-refractivity contribution in [2.45, 2.75) is 33.1 Å². The van der Waals surface area contributed by atoms with E-state index >= 15 is 0 Å². The number of fused-ring (bicyclic) bond motifs is 2. The first-order chi connectivity index (χ1) is 14.0. The van der Waals surface area contributed by atoms with Crippen molar-refractivity contribution < 1.29 is 19.4 Å². The Morgan fingerprint density at radius 3 is 2.55 bits per heavy atom. The van der Waals surface area contributed by atoms with Crippen molar-refractivity contribution >= 4 is 33.5 Å². The monoisotopic (exact) mass is 388 g/mol. The van der Waals surface area contributed by atoms with Crippen molar-refractivity contribution in [2.75, 3.05) is 0 Å². The first kappa shape index (κ1) is 19.2.